The number of hydrogen-bond acceptors (Lipinski definition) is 2. The van der Waals surface area contributed by atoms with Gasteiger partial charge in [0.25, 0.3) is 0 Å². The number of benzene rings is 1. The standard InChI is InChI=1S/C17H14BrN3O2/c18-13-5-4-11-8-17(20-16(22)23,9-12(11)7-13)14-10-21-6-2-1-3-15(21)19-14/h1-7,10,20H,8-9H2,(H,22,23). The number of nitrogens with one attached hydrogen (secondary N) is 1. The summed E-state index contributed by atoms with van der Waals surface area (Å²) in [6, 6.07) is 11.8. The van der Waals surface area contributed by atoms with Gasteiger partial charge in [-0.3, -0.25) is 0 Å². The molecular formula is C17H14BrN3O2. The van der Waals surface area contributed by atoms with Crippen LogP contribution in [0, 0.1) is 0 Å². The number of carbonyl (C=O) groups is 1. The Balaban J connectivity index is 1.83. The highest BCUT2D eigenvalue weighted by Gasteiger charge is 2.42. The third kappa shape index (κ3) is 2.39. The van der Waals surface area contributed by atoms with Crippen molar-refractivity contribution >= 4 is 27.7 Å². The van der Waals surface area contributed by atoms with Gasteiger partial charge in [0.15, 0.2) is 0 Å². The highest BCUT2D eigenvalue weighted by molar-refractivity contribution is 9.10. The number of hydrogen-bond donors (Lipinski definition) is 2. The highest BCUT2D eigenvalue weighted by Crippen LogP contribution is 2.38. The average Bonchev–Trinajstić information content (AvgIpc) is 3.07. The number of pyridine rings is 1. The molecule has 1 aromatic carbocycles. The Hall–Kier alpha value is -2.34. The maximum atomic E-state index is 11.4. The number of amides is 1. The Morgan fingerprint density at radius 1 is 1.26 bits per heavy atom. The van der Waals surface area contributed by atoms with Crippen LogP contribution in [-0.4, -0.2) is 20.6 Å². The molecule has 1 aliphatic rings. The van der Waals surface area contributed by atoms with E-state index in [1.54, 1.807) is 0 Å². The summed E-state index contributed by atoms with van der Waals surface area (Å²) in [4.78, 5) is 16.1. The van der Waals surface area contributed by atoms with Crippen LogP contribution in [0.5, 0.6) is 0 Å². The Morgan fingerprint density at radius 2 is 2.09 bits per heavy atom. The van der Waals surface area contributed by atoms with Gasteiger partial charge in [0.05, 0.1) is 11.2 Å². The van der Waals surface area contributed by atoms with Gasteiger partial charge in [-0.25, -0.2) is 9.78 Å². The first-order valence-corrected chi connectivity index (χ1v) is 8.08. The lowest BCUT2D eigenvalue weighted by Gasteiger charge is -2.26. The number of rotatable bonds is 2. The van der Waals surface area contributed by atoms with Gasteiger partial charge in [-0.1, -0.05) is 28.1 Å². The van der Waals surface area contributed by atoms with Crippen LogP contribution in [0.2, 0.25) is 0 Å². The van der Waals surface area contributed by atoms with E-state index in [0.717, 1.165) is 26.9 Å². The predicted octanol–water partition coefficient (Wildman–Crippen LogP) is 3.36. The van der Waals surface area contributed by atoms with Crippen molar-refractivity contribution in [1.82, 2.24) is 14.7 Å². The number of fused-ring (bicyclic) bond motifs is 2. The van der Waals surface area contributed by atoms with E-state index in [9.17, 15) is 9.90 Å². The fraction of sp³-hybridized carbons (Fsp3) is 0.176. The van der Waals surface area contributed by atoms with Gasteiger partial charge >= 0.3 is 6.09 Å². The SMILES string of the molecule is O=C(O)NC1(c2cn3ccccc3n2)Cc2ccc(Br)cc2C1. The van der Waals surface area contributed by atoms with Gasteiger partial charge in [0.1, 0.15) is 5.65 Å². The molecular weight excluding hydrogens is 358 g/mol. The monoisotopic (exact) mass is 371 g/mol. The average molecular weight is 372 g/mol. The van der Waals surface area contributed by atoms with E-state index in [0.29, 0.717) is 12.8 Å². The molecule has 0 spiro atoms. The molecule has 2 aromatic heterocycles. The number of halogens is 1. The van der Waals surface area contributed by atoms with Gasteiger partial charge < -0.3 is 14.8 Å². The lowest BCUT2D eigenvalue weighted by atomic mass is 9.92. The Bertz CT molecular complexity index is 888. The van der Waals surface area contributed by atoms with Crippen molar-refractivity contribution in [3.63, 3.8) is 0 Å². The normalized spacial score (nSPS) is 19.7. The summed E-state index contributed by atoms with van der Waals surface area (Å²) in [5, 5.41) is 12.1. The zero-order chi connectivity index (χ0) is 16.0. The van der Waals surface area contributed by atoms with E-state index in [2.05, 4.69) is 32.3 Å². The summed E-state index contributed by atoms with van der Waals surface area (Å²) in [7, 11) is 0. The summed E-state index contributed by atoms with van der Waals surface area (Å²) in [6.45, 7) is 0. The van der Waals surface area contributed by atoms with Crippen molar-refractivity contribution < 1.29 is 9.90 Å². The zero-order valence-electron chi connectivity index (χ0n) is 12.2. The first kappa shape index (κ1) is 14.3. The second-order valence-electron chi connectivity index (χ2n) is 5.87. The minimum Gasteiger partial charge on any atom is -0.465 e. The van der Waals surface area contributed by atoms with E-state index in [1.807, 2.05) is 47.1 Å². The molecule has 1 aliphatic carbocycles. The molecule has 2 N–H and O–H groups in total. The van der Waals surface area contributed by atoms with Crippen LogP contribution in [0.4, 0.5) is 4.79 Å². The van der Waals surface area contributed by atoms with Gasteiger partial charge in [-0.2, -0.15) is 0 Å². The molecule has 1 unspecified atom stereocenters. The summed E-state index contributed by atoms with van der Waals surface area (Å²) < 4.78 is 2.91. The molecule has 0 radical (unpaired) electrons. The smallest absolute Gasteiger partial charge is 0.405 e. The first-order valence-electron chi connectivity index (χ1n) is 7.28. The molecule has 3 aromatic rings. The lowest BCUT2D eigenvalue weighted by Crippen LogP contribution is -2.46. The molecule has 0 bridgehead atoms. The summed E-state index contributed by atoms with van der Waals surface area (Å²) >= 11 is 3.48. The molecule has 1 atom stereocenters. The van der Waals surface area contributed by atoms with E-state index in [4.69, 9.17) is 0 Å². The third-order valence-electron chi connectivity index (χ3n) is 4.35. The van der Waals surface area contributed by atoms with Crippen LogP contribution in [0.15, 0.2) is 53.3 Å². The largest absolute Gasteiger partial charge is 0.465 e. The van der Waals surface area contributed by atoms with Crippen LogP contribution < -0.4 is 5.32 Å². The molecule has 6 heteroatoms. The van der Waals surface area contributed by atoms with Crippen LogP contribution in [0.1, 0.15) is 16.8 Å². The number of nitrogens with zero attached hydrogens (tertiary/aromatic N) is 2. The molecule has 5 nitrogen and oxygen atoms in total. The second-order valence-corrected chi connectivity index (χ2v) is 6.79. The fourth-order valence-corrected chi connectivity index (χ4v) is 3.76. The summed E-state index contributed by atoms with van der Waals surface area (Å²) in [6.07, 6.45) is 3.99. The van der Waals surface area contributed by atoms with E-state index < -0.39 is 11.6 Å². The molecule has 0 aliphatic heterocycles. The molecule has 23 heavy (non-hydrogen) atoms. The molecule has 0 saturated carbocycles. The first-order chi connectivity index (χ1) is 11.1. The lowest BCUT2D eigenvalue weighted by molar-refractivity contribution is 0.177. The van der Waals surface area contributed by atoms with Crippen LogP contribution in [-0.2, 0) is 18.4 Å². The van der Waals surface area contributed by atoms with Crippen LogP contribution in [0.3, 0.4) is 0 Å². The topological polar surface area (TPSA) is 66.6 Å². The minimum absolute atomic E-state index is 0.595. The molecule has 116 valence electrons. The quantitative estimate of drug-likeness (QED) is 0.725. The zero-order valence-corrected chi connectivity index (χ0v) is 13.7. The van der Waals surface area contributed by atoms with Crippen molar-refractivity contribution in [1.29, 1.82) is 0 Å². The van der Waals surface area contributed by atoms with Crippen molar-refractivity contribution in [3.05, 3.63) is 70.1 Å². The molecule has 2 heterocycles. The van der Waals surface area contributed by atoms with Gasteiger partial charge in [0.2, 0.25) is 0 Å². The predicted molar refractivity (Wildman–Crippen MR) is 89.6 cm³/mol. The Labute approximate surface area is 141 Å². The van der Waals surface area contributed by atoms with Gasteiger partial charge in [-0.05, 0) is 35.4 Å². The molecule has 1 amide bonds. The maximum Gasteiger partial charge on any atom is 0.405 e. The fourth-order valence-electron chi connectivity index (χ4n) is 3.35. The maximum absolute atomic E-state index is 11.4. The number of aromatic nitrogens is 2. The Morgan fingerprint density at radius 3 is 2.87 bits per heavy atom. The number of carboxylic acid groups (broad SMARTS) is 1. The second kappa shape index (κ2) is 5.09. The van der Waals surface area contributed by atoms with E-state index in [-0.39, 0.29) is 0 Å². The van der Waals surface area contributed by atoms with Gasteiger partial charge in [0, 0.05) is 29.7 Å². The molecule has 4 rings (SSSR count). The van der Waals surface area contributed by atoms with Crippen LogP contribution in [0.25, 0.3) is 5.65 Å². The highest BCUT2D eigenvalue weighted by atomic mass is 79.9. The van der Waals surface area contributed by atoms with Crippen molar-refractivity contribution in [2.75, 3.05) is 0 Å². The Kier molecular flexibility index (Phi) is 3.16. The number of imidazole rings is 1. The summed E-state index contributed by atoms with van der Waals surface area (Å²) in [5.74, 6) is 0. The van der Waals surface area contributed by atoms with E-state index in [1.165, 1.54) is 0 Å². The third-order valence-corrected chi connectivity index (χ3v) is 4.85. The van der Waals surface area contributed by atoms with E-state index >= 15 is 0 Å². The molecule has 0 saturated heterocycles. The minimum atomic E-state index is -1.03. The van der Waals surface area contributed by atoms with Crippen LogP contribution >= 0.6 is 15.9 Å². The van der Waals surface area contributed by atoms with Crippen molar-refractivity contribution in [2.45, 2.75) is 18.4 Å². The van der Waals surface area contributed by atoms with Crippen molar-refractivity contribution in [2.24, 2.45) is 0 Å². The summed E-state index contributed by atoms with van der Waals surface area (Å²) in [5.41, 5.74) is 3.13. The molecule has 0 fully saturated rings. The van der Waals surface area contributed by atoms with Crippen molar-refractivity contribution in [3.8, 4) is 0 Å². The van der Waals surface area contributed by atoms with Gasteiger partial charge in [-0.15, -0.1) is 0 Å².